The summed E-state index contributed by atoms with van der Waals surface area (Å²) in [7, 11) is 5.50. The van der Waals surface area contributed by atoms with E-state index >= 15 is 0 Å². The minimum absolute atomic E-state index is 0.00292. The molecule has 54 heavy (non-hydrogen) atoms. The zero-order valence-electron chi connectivity index (χ0n) is 32.6. The van der Waals surface area contributed by atoms with Gasteiger partial charge in [0.05, 0.1) is 16.9 Å². The van der Waals surface area contributed by atoms with Crippen LogP contribution in [-0.4, -0.2) is 76.6 Å². The van der Waals surface area contributed by atoms with E-state index in [2.05, 4.69) is 39.5 Å². The Morgan fingerprint density at radius 1 is 1.06 bits per heavy atom. The van der Waals surface area contributed by atoms with Gasteiger partial charge >= 0.3 is 0 Å². The molecule has 12 nitrogen and oxygen atoms in total. The molecule has 1 unspecified atom stereocenters. The number of anilines is 2. The number of hydrogen-bond donors (Lipinski definition) is 5. The summed E-state index contributed by atoms with van der Waals surface area (Å²) in [6.07, 6.45) is 6.30. The summed E-state index contributed by atoms with van der Waals surface area (Å²) in [6, 6.07) is 16.8. The van der Waals surface area contributed by atoms with Crippen LogP contribution < -0.4 is 31.7 Å². The van der Waals surface area contributed by atoms with Crippen LogP contribution in [0.25, 0.3) is 0 Å². The predicted molar refractivity (Wildman–Crippen MR) is 213 cm³/mol. The van der Waals surface area contributed by atoms with Crippen molar-refractivity contribution in [2.75, 3.05) is 51.4 Å². The lowest BCUT2D eigenvalue weighted by atomic mass is 10.0. The standard InChI is InChI=1S/C32H40FN5O2.C6H11NO2.C3H7NO/c1-5-27(35)12-14-36-30-17-31(29(33)16-26(30)18-34)37-13-11-23-9-10-25(22(2)15-23)21-40-32-8-6-7-24(20-39)28(32)19-38(3)4;1-7-6(9)4-2-3-5-8;1-2-4-3-5/h6-10,15-17,20,27,36-37H,5,11-14,19,21,35H2,1-4H3;5H,2-4H2,1H3,(H,7,9);3H,2H2,1H3,(H,4,5). The van der Waals surface area contributed by atoms with Gasteiger partial charge in [-0.25, -0.2) is 4.39 Å². The molecule has 0 aliphatic rings. The number of ether oxygens (including phenoxy) is 1. The fourth-order valence-corrected chi connectivity index (χ4v) is 4.98. The number of aryl methyl sites for hydroxylation is 1. The Labute approximate surface area is 320 Å². The number of carbonyl (C=O) groups excluding carboxylic acids is 4. The van der Waals surface area contributed by atoms with Crippen molar-refractivity contribution in [1.82, 2.24) is 15.5 Å². The fourth-order valence-electron chi connectivity index (χ4n) is 4.98. The summed E-state index contributed by atoms with van der Waals surface area (Å²) in [5.41, 5.74) is 12.0. The van der Waals surface area contributed by atoms with E-state index in [4.69, 9.17) is 10.5 Å². The molecule has 0 spiro atoms. The first-order valence-corrected chi connectivity index (χ1v) is 18.2. The van der Waals surface area contributed by atoms with E-state index in [9.17, 15) is 28.8 Å². The van der Waals surface area contributed by atoms with Gasteiger partial charge in [0.25, 0.3) is 0 Å². The Kier molecular flexibility index (Phi) is 23.6. The van der Waals surface area contributed by atoms with Gasteiger partial charge in [-0.1, -0.05) is 37.3 Å². The Balaban J connectivity index is 0.000000880. The van der Waals surface area contributed by atoms with Crippen molar-refractivity contribution in [2.45, 2.75) is 78.5 Å². The Morgan fingerprint density at radius 2 is 1.80 bits per heavy atom. The second-order valence-electron chi connectivity index (χ2n) is 12.7. The number of amides is 2. The van der Waals surface area contributed by atoms with Crippen molar-refractivity contribution in [3.8, 4) is 11.8 Å². The topological polar surface area (TPSA) is 179 Å². The van der Waals surface area contributed by atoms with Crippen LogP contribution in [0.15, 0.2) is 48.5 Å². The molecule has 0 aromatic heterocycles. The molecule has 0 radical (unpaired) electrons. The van der Waals surface area contributed by atoms with Gasteiger partial charge in [0.1, 0.15) is 30.5 Å². The number of nitrogens with one attached hydrogen (secondary N) is 4. The predicted octanol–water partition coefficient (Wildman–Crippen LogP) is 5.51. The van der Waals surface area contributed by atoms with Crippen molar-refractivity contribution in [1.29, 1.82) is 5.26 Å². The normalized spacial score (nSPS) is 10.7. The fraction of sp³-hybridized carbons (Fsp3) is 0.439. The van der Waals surface area contributed by atoms with Crippen LogP contribution in [0.5, 0.6) is 5.75 Å². The van der Waals surface area contributed by atoms with Crippen molar-refractivity contribution in [3.05, 3.63) is 87.7 Å². The van der Waals surface area contributed by atoms with Gasteiger partial charge in [-0.15, -0.1) is 0 Å². The first-order chi connectivity index (χ1) is 26.0. The van der Waals surface area contributed by atoms with Gasteiger partial charge in [0, 0.05) is 63.2 Å². The highest BCUT2D eigenvalue weighted by molar-refractivity contribution is 5.78. The third-order valence-electron chi connectivity index (χ3n) is 8.16. The molecule has 294 valence electrons. The lowest BCUT2D eigenvalue weighted by Crippen LogP contribution is -2.22. The molecule has 0 aliphatic heterocycles. The number of benzene rings is 3. The van der Waals surface area contributed by atoms with Crippen molar-refractivity contribution < 1.29 is 28.3 Å². The highest BCUT2D eigenvalue weighted by Gasteiger charge is 2.13. The molecule has 2 amide bonds. The SMILES string of the molecule is CCC(N)CCNc1cc(NCCc2ccc(COc3cccc(C=O)c3CN(C)C)c(C)c2)c(F)cc1C#N.CCNC=O.CNC(=O)CCCC=O. The molecule has 13 heteroatoms. The largest absolute Gasteiger partial charge is 0.489 e. The van der Waals surface area contributed by atoms with E-state index < -0.39 is 5.82 Å². The van der Waals surface area contributed by atoms with Crippen molar-refractivity contribution in [2.24, 2.45) is 5.73 Å². The monoisotopic (exact) mass is 747 g/mol. The summed E-state index contributed by atoms with van der Waals surface area (Å²) in [6.45, 7) is 8.82. The minimum Gasteiger partial charge on any atom is -0.489 e. The highest BCUT2D eigenvalue weighted by Crippen LogP contribution is 2.26. The van der Waals surface area contributed by atoms with E-state index in [0.29, 0.717) is 81.0 Å². The zero-order valence-corrected chi connectivity index (χ0v) is 32.6. The van der Waals surface area contributed by atoms with Crippen LogP contribution >= 0.6 is 0 Å². The Hall–Kier alpha value is -5.32. The smallest absolute Gasteiger partial charge is 0.219 e. The Bertz CT molecular complexity index is 1640. The first kappa shape index (κ1) is 46.7. The van der Waals surface area contributed by atoms with E-state index in [-0.39, 0.29) is 17.5 Å². The van der Waals surface area contributed by atoms with Gasteiger partial charge < -0.3 is 41.4 Å². The number of halogens is 1. The number of carbonyl (C=O) groups is 4. The van der Waals surface area contributed by atoms with Crippen molar-refractivity contribution in [3.63, 3.8) is 0 Å². The number of unbranched alkanes of at least 4 members (excludes halogenated alkanes) is 1. The Morgan fingerprint density at radius 3 is 2.37 bits per heavy atom. The molecule has 0 heterocycles. The molecule has 1 atom stereocenters. The van der Waals surface area contributed by atoms with Gasteiger partial charge in [-0.3, -0.25) is 14.4 Å². The number of rotatable bonds is 21. The number of nitrogens with zero attached hydrogens (tertiary/aromatic N) is 2. The van der Waals surface area contributed by atoms with Crippen LogP contribution in [0.2, 0.25) is 0 Å². The van der Waals surface area contributed by atoms with Crippen LogP contribution in [-0.2, 0) is 34.0 Å². The quantitative estimate of drug-likeness (QED) is 0.0690. The molecule has 3 aromatic carbocycles. The number of aldehydes is 2. The summed E-state index contributed by atoms with van der Waals surface area (Å²) in [5.74, 6) is 0.248. The molecular formula is C41H58FN7O5. The molecule has 0 fully saturated rings. The van der Waals surface area contributed by atoms with Crippen molar-refractivity contribution >= 4 is 36.3 Å². The molecule has 3 aromatic rings. The minimum atomic E-state index is -0.455. The molecule has 0 aliphatic carbocycles. The number of hydrogen-bond acceptors (Lipinski definition) is 10. The summed E-state index contributed by atoms with van der Waals surface area (Å²) in [4.78, 5) is 43.0. The van der Waals surface area contributed by atoms with E-state index in [1.165, 1.54) is 6.07 Å². The van der Waals surface area contributed by atoms with Gasteiger partial charge in [-0.05, 0) is 88.5 Å². The average Bonchev–Trinajstić information content (AvgIpc) is 3.16. The lowest BCUT2D eigenvalue weighted by Gasteiger charge is -2.17. The van der Waals surface area contributed by atoms with E-state index in [1.807, 2.05) is 58.0 Å². The third-order valence-corrected chi connectivity index (χ3v) is 8.16. The molecule has 0 bridgehead atoms. The second-order valence-corrected chi connectivity index (χ2v) is 12.7. The van der Waals surface area contributed by atoms with E-state index in [0.717, 1.165) is 54.2 Å². The molecule has 6 N–H and O–H groups in total. The highest BCUT2D eigenvalue weighted by atomic mass is 19.1. The maximum atomic E-state index is 14.6. The summed E-state index contributed by atoms with van der Waals surface area (Å²) < 4.78 is 20.8. The number of nitrogens with two attached hydrogens (primary N) is 1. The van der Waals surface area contributed by atoms with Gasteiger partial charge in [-0.2, -0.15) is 5.26 Å². The average molecular weight is 748 g/mol. The zero-order chi connectivity index (χ0) is 40.3. The second kappa shape index (κ2) is 27.3. The maximum absolute atomic E-state index is 14.6. The molecule has 0 saturated carbocycles. The van der Waals surface area contributed by atoms with Crippen LogP contribution in [0.4, 0.5) is 15.8 Å². The molecular weight excluding hydrogens is 689 g/mol. The van der Waals surface area contributed by atoms with Gasteiger partial charge in [0.2, 0.25) is 12.3 Å². The summed E-state index contributed by atoms with van der Waals surface area (Å²) in [5, 5.41) is 20.7. The first-order valence-electron chi connectivity index (χ1n) is 18.2. The molecule has 3 rings (SSSR count). The van der Waals surface area contributed by atoms with Crippen LogP contribution in [0.3, 0.4) is 0 Å². The van der Waals surface area contributed by atoms with Crippen LogP contribution in [0, 0.1) is 24.1 Å². The third kappa shape index (κ3) is 17.9. The molecule has 0 saturated heterocycles. The lowest BCUT2D eigenvalue weighted by molar-refractivity contribution is -0.120. The summed E-state index contributed by atoms with van der Waals surface area (Å²) >= 11 is 0. The maximum Gasteiger partial charge on any atom is 0.219 e. The van der Waals surface area contributed by atoms with Crippen LogP contribution in [0.1, 0.15) is 84.1 Å². The number of nitriles is 1. The van der Waals surface area contributed by atoms with E-state index in [1.54, 1.807) is 19.2 Å². The van der Waals surface area contributed by atoms with Gasteiger partial charge in [0.15, 0.2) is 6.29 Å².